The third kappa shape index (κ3) is 5.11. The van der Waals surface area contributed by atoms with Crippen LogP contribution in [0.2, 0.25) is 0 Å². The summed E-state index contributed by atoms with van der Waals surface area (Å²) in [6.07, 6.45) is 1.38. The molecule has 0 amide bonds. The molecular weight excluding hydrogens is 262 g/mol. The summed E-state index contributed by atoms with van der Waals surface area (Å²) in [7, 11) is 0. The molecule has 0 rings (SSSR count). The summed E-state index contributed by atoms with van der Waals surface area (Å²) in [5.74, 6) is 0. The van der Waals surface area contributed by atoms with Crippen molar-refractivity contribution in [1.82, 2.24) is 0 Å². The van der Waals surface area contributed by atoms with E-state index in [1.54, 1.807) is 0 Å². The van der Waals surface area contributed by atoms with Crippen molar-refractivity contribution in [3.63, 3.8) is 0 Å². The van der Waals surface area contributed by atoms with E-state index in [2.05, 4.69) is 6.58 Å². The van der Waals surface area contributed by atoms with Crippen LogP contribution in [0.25, 0.3) is 0 Å². The minimum absolute atomic E-state index is 0.127. The molecule has 0 spiro atoms. The summed E-state index contributed by atoms with van der Waals surface area (Å²) in [6.45, 7) is 9.22. The standard InChI is InChI=1S/C10H16Cl4/c1-7(11)10(4,14)6-5-8(12)9(2,3)13/h8H,1,5-6H2,2-4H3/t8-,10+/m1/s1. The molecular formula is C10H16Cl4. The Morgan fingerprint density at radius 2 is 1.71 bits per heavy atom. The van der Waals surface area contributed by atoms with E-state index in [4.69, 9.17) is 46.4 Å². The third-order valence-electron chi connectivity index (χ3n) is 2.18. The average Bonchev–Trinajstić information content (AvgIpc) is 1.98. The molecule has 0 heterocycles. The molecule has 0 nitrogen and oxygen atoms in total. The first-order chi connectivity index (χ1) is 6.07. The highest BCUT2D eigenvalue weighted by atomic mass is 35.5. The molecule has 0 bridgehead atoms. The van der Waals surface area contributed by atoms with Crippen LogP contribution in [0.1, 0.15) is 33.6 Å². The second-order valence-corrected chi connectivity index (χ2v) is 6.96. The van der Waals surface area contributed by atoms with Gasteiger partial charge in [0.25, 0.3) is 0 Å². The van der Waals surface area contributed by atoms with Gasteiger partial charge in [-0.1, -0.05) is 18.2 Å². The van der Waals surface area contributed by atoms with E-state index in [1.165, 1.54) is 0 Å². The smallest absolute Gasteiger partial charge is 0.0767 e. The average molecular weight is 278 g/mol. The SMILES string of the molecule is C=C(Cl)[C@@](C)(Cl)CC[C@@H](Cl)C(C)(C)Cl. The molecule has 4 heteroatoms. The first-order valence-corrected chi connectivity index (χ1v) is 6.01. The van der Waals surface area contributed by atoms with E-state index in [0.717, 1.165) is 0 Å². The molecule has 84 valence electrons. The summed E-state index contributed by atoms with van der Waals surface area (Å²) in [5, 5.41) is 0.314. The zero-order valence-electron chi connectivity index (χ0n) is 8.71. The maximum Gasteiger partial charge on any atom is 0.0767 e. The molecule has 0 aliphatic carbocycles. The summed E-state index contributed by atoms with van der Waals surface area (Å²) in [5.41, 5.74) is 0. The fourth-order valence-electron chi connectivity index (χ4n) is 0.877. The monoisotopic (exact) mass is 276 g/mol. The van der Waals surface area contributed by atoms with Gasteiger partial charge in [-0.15, -0.1) is 34.8 Å². The molecule has 14 heavy (non-hydrogen) atoms. The van der Waals surface area contributed by atoms with Crippen LogP contribution in [0.4, 0.5) is 0 Å². The largest absolute Gasteiger partial charge is 0.121 e. The lowest BCUT2D eigenvalue weighted by Crippen LogP contribution is -2.28. The van der Waals surface area contributed by atoms with Crippen LogP contribution in [0.3, 0.4) is 0 Å². The molecule has 0 saturated heterocycles. The Morgan fingerprint density at radius 1 is 1.29 bits per heavy atom. The van der Waals surface area contributed by atoms with E-state index >= 15 is 0 Å². The molecule has 0 aromatic carbocycles. The Balaban J connectivity index is 4.13. The van der Waals surface area contributed by atoms with Crippen molar-refractivity contribution >= 4 is 46.4 Å². The molecule has 0 radical (unpaired) electrons. The predicted molar refractivity (Wildman–Crippen MR) is 68.1 cm³/mol. The van der Waals surface area contributed by atoms with Gasteiger partial charge >= 0.3 is 0 Å². The van der Waals surface area contributed by atoms with E-state index in [9.17, 15) is 0 Å². The van der Waals surface area contributed by atoms with E-state index in [-0.39, 0.29) is 5.38 Å². The number of rotatable bonds is 5. The van der Waals surface area contributed by atoms with Gasteiger partial charge in [-0.05, 0) is 33.6 Å². The summed E-state index contributed by atoms with van der Waals surface area (Å²) in [6, 6.07) is 0. The second-order valence-electron chi connectivity index (χ2n) is 4.17. The van der Waals surface area contributed by atoms with Crippen molar-refractivity contribution in [1.29, 1.82) is 0 Å². The van der Waals surface area contributed by atoms with Gasteiger partial charge < -0.3 is 0 Å². The minimum atomic E-state index is -0.600. The van der Waals surface area contributed by atoms with Crippen LogP contribution in [0, 0.1) is 0 Å². The number of halogens is 4. The molecule has 0 aromatic rings. The zero-order chi connectivity index (χ0) is 11.6. The Hall–Kier alpha value is 0.900. The van der Waals surface area contributed by atoms with Gasteiger partial charge in [0.15, 0.2) is 0 Å². The fraction of sp³-hybridized carbons (Fsp3) is 0.800. The lowest BCUT2D eigenvalue weighted by atomic mass is 9.98. The van der Waals surface area contributed by atoms with Gasteiger partial charge in [0, 0.05) is 5.03 Å². The quantitative estimate of drug-likeness (QED) is 0.611. The Labute approximate surface area is 107 Å². The normalized spacial score (nSPS) is 18.8. The van der Waals surface area contributed by atoms with E-state index in [0.29, 0.717) is 17.9 Å². The van der Waals surface area contributed by atoms with Crippen LogP contribution in [0.15, 0.2) is 11.6 Å². The lowest BCUT2D eigenvalue weighted by Gasteiger charge is -2.27. The zero-order valence-corrected chi connectivity index (χ0v) is 11.7. The number of hydrogen-bond acceptors (Lipinski definition) is 0. The minimum Gasteiger partial charge on any atom is -0.121 e. The topological polar surface area (TPSA) is 0 Å². The van der Waals surface area contributed by atoms with Crippen molar-refractivity contribution in [2.45, 2.75) is 48.7 Å². The van der Waals surface area contributed by atoms with Gasteiger partial charge in [-0.2, -0.15) is 0 Å². The lowest BCUT2D eigenvalue weighted by molar-refractivity contribution is 0.543. The highest BCUT2D eigenvalue weighted by Crippen LogP contribution is 2.35. The van der Waals surface area contributed by atoms with Crippen LogP contribution in [0.5, 0.6) is 0 Å². The van der Waals surface area contributed by atoms with E-state index < -0.39 is 9.75 Å². The van der Waals surface area contributed by atoms with Crippen molar-refractivity contribution in [2.24, 2.45) is 0 Å². The summed E-state index contributed by atoms with van der Waals surface area (Å²) >= 11 is 24.1. The van der Waals surface area contributed by atoms with E-state index in [1.807, 2.05) is 20.8 Å². The van der Waals surface area contributed by atoms with Crippen LogP contribution in [-0.4, -0.2) is 15.1 Å². The van der Waals surface area contributed by atoms with Gasteiger partial charge in [0.05, 0.1) is 15.1 Å². The molecule has 2 atom stereocenters. The Morgan fingerprint density at radius 3 is 2.00 bits per heavy atom. The summed E-state index contributed by atoms with van der Waals surface area (Å²) in [4.78, 5) is -1.03. The highest BCUT2D eigenvalue weighted by Gasteiger charge is 2.29. The molecule has 0 aliphatic rings. The van der Waals surface area contributed by atoms with Crippen LogP contribution >= 0.6 is 46.4 Å². The van der Waals surface area contributed by atoms with Crippen molar-refractivity contribution in [3.8, 4) is 0 Å². The number of hydrogen-bond donors (Lipinski definition) is 0. The Kier molecular flexibility index (Phi) is 5.64. The van der Waals surface area contributed by atoms with Crippen LogP contribution in [-0.2, 0) is 0 Å². The molecule has 0 aromatic heterocycles. The first kappa shape index (κ1) is 14.9. The first-order valence-electron chi connectivity index (χ1n) is 4.44. The number of allylic oxidation sites excluding steroid dienone is 1. The second kappa shape index (κ2) is 5.30. The van der Waals surface area contributed by atoms with Gasteiger partial charge in [-0.25, -0.2) is 0 Å². The van der Waals surface area contributed by atoms with Gasteiger partial charge in [0.2, 0.25) is 0 Å². The molecule has 0 saturated carbocycles. The predicted octanol–water partition coefficient (Wildman–Crippen LogP) is 5.14. The van der Waals surface area contributed by atoms with Crippen molar-refractivity contribution < 1.29 is 0 Å². The molecule has 0 fully saturated rings. The molecule has 0 unspecified atom stereocenters. The van der Waals surface area contributed by atoms with Gasteiger partial charge in [-0.3, -0.25) is 0 Å². The van der Waals surface area contributed by atoms with Crippen molar-refractivity contribution in [3.05, 3.63) is 11.6 Å². The summed E-state index contributed by atoms with van der Waals surface area (Å²) < 4.78 is 0. The molecule has 0 aliphatic heterocycles. The maximum absolute atomic E-state index is 6.13. The van der Waals surface area contributed by atoms with Gasteiger partial charge in [0.1, 0.15) is 0 Å². The maximum atomic E-state index is 6.13. The third-order valence-corrected chi connectivity index (χ3v) is 4.25. The highest BCUT2D eigenvalue weighted by molar-refractivity contribution is 6.39. The van der Waals surface area contributed by atoms with Crippen molar-refractivity contribution in [2.75, 3.05) is 0 Å². The Bertz CT molecular complexity index is 203. The number of alkyl halides is 3. The van der Waals surface area contributed by atoms with Crippen LogP contribution < -0.4 is 0 Å². The molecule has 0 N–H and O–H groups in total. The fourth-order valence-corrected chi connectivity index (χ4v) is 1.30.